The van der Waals surface area contributed by atoms with Crippen molar-refractivity contribution >= 4 is 53.8 Å². The van der Waals surface area contributed by atoms with Crippen LogP contribution in [0.15, 0.2) is 0 Å². The number of hydrogen-bond acceptors (Lipinski definition) is 2. The van der Waals surface area contributed by atoms with Gasteiger partial charge >= 0.3 is 5.97 Å². The fraction of sp³-hybridized carbons (Fsp3) is 0.909. The Bertz CT molecular complexity index is 185. The monoisotopic (exact) mass is 420 g/mol. The highest BCUT2D eigenvalue weighted by atomic mass is 79.9. The second kappa shape index (κ2) is 9.89. The summed E-state index contributed by atoms with van der Waals surface area (Å²) in [6, 6.07) is 0. The predicted octanol–water partition coefficient (Wildman–Crippen LogP) is 4.28. The van der Waals surface area contributed by atoms with E-state index < -0.39 is 0 Å². The van der Waals surface area contributed by atoms with Gasteiger partial charge in [-0.05, 0) is 6.42 Å². The van der Waals surface area contributed by atoms with Crippen molar-refractivity contribution in [1.82, 2.24) is 0 Å². The Morgan fingerprint density at radius 3 is 2.12 bits per heavy atom. The molecule has 16 heavy (non-hydrogen) atoms. The number of ether oxygens (including phenoxy) is 1. The van der Waals surface area contributed by atoms with Crippen LogP contribution in [0.1, 0.15) is 32.6 Å². The maximum atomic E-state index is 11.4. The first kappa shape index (κ1) is 16.9. The van der Waals surface area contributed by atoms with Crippen molar-refractivity contribution in [1.29, 1.82) is 0 Å². The van der Waals surface area contributed by atoms with Crippen molar-refractivity contribution in [3.05, 3.63) is 0 Å². The molecule has 0 heterocycles. The second-order valence-electron chi connectivity index (χ2n) is 4.02. The van der Waals surface area contributed by atoms with E-state index in [2.05, 4.69) is 54.7 Å². The highest BCUT2D eigenvalue weighted by Crippen LogP contribution is 2.26. The highest BCUT2D eigenvalue weighted by molar-refractivity contribution is 9.10. The molecule has 0 rings (SSSR count). The van der Waals surface area contributed by atoms with Gasteiger partial charge in [0, 0.05) is 27.8 Å². The lowest BCUT2D eigenvalue weighted by Crippen LogP contribution is -2.33. The van der Waals surface area contributed by atoms with Crippen LogP contribution in [-0.4, -0.2) is 28.6 Å². The van der Waals surface area contributed by atoms with Gasteiger partial charge in [-0.25, -0.2) is 0 Å². The van der Waals surface area contributed by atoms with Crippen LogP contribution in [0.4, 0.5) is 0 Å². The zero-order valence-corrected chi connectivity index (χ0v) is 14.4. The van der Waals surface area contributed by atoms with Crippen molar-refractivity contribution in [2.45, 2.75) is 32.6 Å². The maximum Gasteiger partial charge on any atom is 0.305 e. The Morgan fingerprint density at radius 1 is 1.12 bits per heavy atom. The van der Waals surface area contributed by atoms with E-state index in [0.29, 0.717) is 13.0 Å². The van der Waals surface area contributed by atoms with Crippen LogP contribution in [0.5, 0.6) is 0 Å². The summed E-state index contributed by atoms with van der Waals surface area (Å²) in [7, 11) is 0. The van der Waals surface area contributed by atoms with Crippen molar-refractivity contribution in [2.75, 3.05) is 22.6 Å². The molecule has 96 valence electrons. The first-order valence-corrected chi connectivity index (χ1v) is 8.84. The third kappa shape index (κ3) is 6.60. The lowest BCUT2D eigenvalue weighted by Gasteiger charge is -2.26. The molecule has 0 atom stereocenters. The Morgan fingerprint density at radius 2 is 1.69 bits per heavy atom. The number of carbonyl (C=O) groups excluding carboxylic acids is 1. The van der Waals surface area contributed by atoms with Gasteiger partial charge in [0.05, 0.1) is 6.61 Å². The maximum absolute atomic E-state index is 11.4. The smallest absolute Gasteiger partial charge is 0.305 e. The molecule has 0 spiro atoms. The average Bonchev–Trinajstić information content (AvgIpc) is 2.32. The number of carbonyl (C=O) groups is 1. The minimum Gasteiger partial charge on any atom is -0.465 e. The summed E-state index contributed by atoms with van der Waals surface area (Å²) in [6.07, 6.45) is 3.69. The molecule has 0 N–H and O–H groups in total. The molecule has 0 unspecified atom stereocenters. The molecule has 0 aromatic rings. The summed E-state index contributed by atoms with van der Waals surface area (Å²) in [5.41, 5.74) is -0.0413. The van der Waals surface area contributed by atoms with E-state index in [0.717, 1.165) is 35.3 Å². The van der Waals surface area contributed by atoms with E-state index >= 15 is 0 Å². The zero-order valence-electron chi connectivity index (χ0n) is 9.61. The minimum absolute atomic E-state index is 0.0413. The van der Waals surface area contributed by atoms with Gasteiger partial charge in [-0.1, -0.05) is 67.6 Å². The first-order chi connectivity index (χ1) is 7.64. The number of esters is 1. The minimum atomic E-state index is -0.0827. The highest BCUT2D eigenvalue weighted by Gasteiger charge is 2.28. The van der Waals surface area contributed by atoms with E-state index in [1.807, 2.05) is 0 Å². The molecular formula is C11H19Br3O2. The van der Waals surface area contributed by atoms with Crippen LogP contribution < -0.4 is 0 Å². The molecular weight excluding hydrogens is 404 g/mol. The molecule has 5 heteroatoms. The topological polar surface area (TPSA) is 26.3 Å². The Hall–Kier alpha value is 0.910. The van der Waals surface area contributed by atoms with Gasteiger partial charge in [0.1, 0.15) is 0 Å². The first-order valence-electron chi connectivity index (χ1n) is 5.47. The van der Waals surface area contributed by atoms with E-state index in [9.17, 15) is 4.79 Å². The SMILES string of the molecule is CCCCCC(=O)OCC(CBr)(CBr)CBr. The molecule has 0 aromatic heterocycles. The van der Waals surface area contributed by atoms with Crippen molar-refractivity contribution in [3.8, 4) is 0 Å². The van der Waals surface area contributed by atoms with Crippen LogP contribution >= 0.6 is 47.8 Å². The van der Waals surface area contributed by atoms with Crippen LogP contribution in [0.25, 0.3) is 0 Å². The van der Waals surface area contributed by atoms with E-state index in [1.54, 1.807) is 0 Å². The molecule has 0 fully saturated rings. The molecule has 0 aromatic carbocycles. The van der Waals surface area contributed by atoms with E-state index in [-0.39, 0.29) is 11.4 Å². The van der Waals surface area contributed by atoms with Crippen LogP contribution in [0.3, 0.4) is 0 Å². The van der Waals surface area contributed by atoms with Gasteiger partial charge in [0.2, 0.25) is 0 Å². The number of hydrogen-bond donors (Lipinski definition) is 0. The average molecular weight is 423 g/mol. The summed E-state index contributed by atoms with van der Waals surface area (Å²) in [5, 5.41) is 2.41. The van der Waals surface area contributed by atoms with Gasteiger partial charge in [0.25, 0.3) is 0 Å². The number of unbranched alkanes of at least 4 members (excludes halogenated alkanes) is 2. The van der Waals surface area contributed by atoms with E-state index in [1.165, 1.54) is 0 Å². The zero-order chi connectivity index (χ0) is 12.4. The fourth-order valence-electron chi connectivity index (χ4n) is 1.05. The largest absolute Gasteiger partial charge is 0.465 e. The molecule has 0 saturated heterocycles. The van der Waals surface area contributed by atoms with Crippen LogP contribution in [-0.2, 0) is 9.53 Å². The lowest BCUT2D eigenvalue weighted by molar-refractivity contribution is -0.146. The normalized spacial score (nSPS) is 11.5. The number of rotatable bonds is 9. The van der Waals surface area contributed by atoms with Gasteiger partial charge in [-0.2, -0.15) is 0 Å². The van der Waals surface area contributed by atoms with Gasteiger partial charge < -0.3 is 4.74 Å². The van der Waals surface area contributed by atoms with Crippen molar-refractivity contribution in [2.24, 2.45) is 5.41 Å². The number of alkyl halides is 3. The van der Waals surface area contributed by atoms with Gasteiger partial charge in [-0.15, -0.1) is 0 Å². The summed E-state index contributed by atoms with van der Waals surface area (Å²) in [6.45, 7) is 2.58. The molecule has 0 aliphatic carbocycles. The summed E-state index contributed by atoms with van der Waals surface area (Å²) in [5.74, 6) is -0.0827. The third-order valence-electron chi connectivity index (χ3n) is 2.37. The lowest BCUT2D eigenvalue weighted by atomic mass is 9.98. The quantitative estimate of drug-likeness (QED) is 0.315. The fourth-order valence-corrected chi connectivity index (χ4v) is 4.32. The molecule has 0 radical (unpaired) electrons. The summed E-state index contributed by atoms with van der Waals surface area (Å²) >= 11 is 10.4. The van der Waals surface area contributed by atoms with E-state index in [4.69, 9.17) is 4.74 Å². The Labute approximate surface area is 123 Å². The molecule has 0 bridgehead atoms. The van der Waals surface area contributed by atoms with Gasteiger partial charge in [-0.3, -0.25) is 4.79 Å². The molecule has 2 nitrogen and oxygen atoms in total. The van der Waals surface area contributed by atoms with Crippen molar-refractivity contribution in [3.63, 3.8) is 0 Å². The molecule has 0 saturated carbocycles. The number of halogens is 3. The standard InChI is InChI=1S/C11H19Br3O2/c1-2-3-4-5-10(15)16-9-11(6-12,7-13)8-14/h2-9H2,1H3. The predicted molar refractivity (Wildman–Crippen MR) is 78.9 cm³/mol. The van der Waals surface area contributed by atoms with Gasteiger partial charge in [0.15, 0.2) is 0 Å². The Balaban J connectivity index is 3.87. The van der Waals surface area contributed by atoms with Crippen LogP contribution in [0.2, 0.25) is 0 Å². The Kier molecular flexibility index (Phi) is 10.5. The third-order valence-corrected chi connectivity index (χ3v) is 5.94. The summed E-state index contributed by atoms with van der Waals surface area (Å²) in [4.78, 5) is 11.4. The molecule has 0 aliphatic rings. The van der Waals surface area contributed by atoms with Crippen LogP contribution in [0, 0.1) is 5.41 Å². The molecule has 0 aliphatic heterocycles. The van der Waals surface area contributed by atoms with Crippen molar-refractivity contribution < 1.29 is 9.53 Å². The molecule has 0 amide bonds. The summed E-state index contributed by atoms with van der Waals surface area (Å²) < 4.78 is 5.30. The second-order valence-corrected chi connectivity index (χ2v) is 5.70.